The Labute approximate surface area is 196 Å². The summed E-state index contributed by atoms with van der Waals surface area (Å²) < 4.78 is 2.02. The van der Waals surface area contributed by atoms with Gasteiger partial charge in [-0.3, -0.25) is 24.3 Å². The van der Waals surface area contributed by atoms with Gasteiger partial charge in [0, 0.05) is 49.5 Å². The van der Waals surface area contributed by atoms with Crippen LogP contribution in [0.1, 0.15) is 44.5 Å². The van der Waals surface area contributed by atoms with E-state index in [1.807, 2.05) is 24.1 Å². The third kappa shape index (κ3) is 5.02. The Balaban J connectivity index is 1.33. The fourth-order valence-corrected chi connectivity index (χ4v) is 5.46. The van der Waals surface area contributed by atoms with Gasteiger partial charge in [-0.2, -0.15) is 5.10 Å². The maximum absolute atomic E-state index is 12.6. The predicted octanol–water partition coefficient (Wildman–Crippen LogP) is 4.07. The van der Waals surface area contributed by atoms with E-state index in [9.17, 15) is 4.79 Å². The number of nitrogens with zero attached hydrogens (tertiary/aromatic N) is 5. The summed E-state index contributed by atoms with van der Waals surface area (Å²) in [5.41, 5.74) is 4.83. The first-order valence-corrected chi connectivity index (χ1v) is 12.2. The van der Waals surface area contributed by atoms with Crippen molar-refractivity contribution in [1.29, 1.82) is 0 Å². The van der Waals surface area contributed by atoms with Gasteiger partial charge in [0.25, 0.3) is 0 Å². The highest BCUT2D eigenvalue weighted by molar-refractivity contribution is 5.89. The van der Waals surface area contributed by atoms with E-state index < -0.39 is 0 Å². The van der Waals surface area contributed by atoms with Crippen LogP contribution in [0, 0.1) is 5.41 Å². The number of hydrogen-bond acceptors (Lipinski definition) is 5. The maximum Gasteiger partial charge on any atom is 0.152 e. The van der Waals surface area contributed by atoms with E-state index in [1.165, 1.54) is 49.2 Å². The number of pyridine rings is 1. The number of benzene rings is 1. The Morgan fingerprint density at radius 3 is 2.55 bits per heavy atom. The fraction of sp³-hybridized carbons (Fsp3) is 0.519. The molecule has 6 nitrogen and oxygen atoms in total. The molecule has 0 amide bonds. The molecule has 0 atom stereocenters. The Morgan fingerprint density at radius 2 is 1.79 bits per heavy atom. The normalized spacial score (nSPS) is 19.0. The third-order valence-corrected chi connectivity index (χ3v) is 7.05. The first kappa shape index (κ1) is 22.2. The molecule has 5 rings (SSSR count). The molecule has 0 bridgehead atoms. The molecule has 2 aliphatic rings. The molecule has 3 aromatic rings. The van der Waals surface area contributed by atoms with Crippen molar-refractivity contribution in [2.75, 3.05) is 32.7 Å². The van der Waals surface area contributed by atoms with Crippen molar-refractivity contribution in [1.82, 2.24) is 24.6 Å². The zero-order valence-corrected chi connectivity index (χ0v) is 20.2. The molecule has 174 valence electrons. The number of carbonyl (C=O) groups is 1. The smallest absolute Gasteiger partial charge is 0.152 e. The Morgan fingerprint density at radius 1 is 1.00 bits per heavy atom. The Hall–Kier alpha value is -2.57. The van der Waals surface area contributed by atoms with Crippen molar-refractivity contribution < 1.29 is 4.79 Å². The average Bonchev–Trinajstić information content (AvgIpc) is 3.13. The SMILES string of the molecule is Cn1ncc(-c2ccc3cnc(CC(=O)CN4CC(C)(C)C4)cc3c2)c1CN1CCCCC1. The minimum atomic E-state index is 0.240. The molecular formula is C27H35N5O. The molecule has 0 aliphatic carbocycles. The zero-order chi connectivity index (χ0) is 23.0. The van der Waals surface area contributed by atoms with Crippen LogP contribution in [0.25, 0.3) is 21.9 Å². The number of piperidine rings is 1. The molecule has 4 heterocycles. The quantitative estimate of drug-likeness (QED) is 0.549. The molecule has 6 heteroatoms. The van der Waals surface area contributed by atoms with Gasteiger partial charge >= 0.3 is 0 Å². The second-order valence-corrected chi connectivity index (χ2v) is 10.7. The van der Waals surface area contributed by atoms with Crippen molar-refractivity contribution >= 4 is 16.6 Å². The lowest BCUT2D eigenvalue weighted by atomic mass is 9.84. The summed E-state index contributed by atoms with van der Waals surface area (Å²) >= 11 is 0. The monoisotopic (exact) mass is 445 g/mol. The lowest BCUT2D eigenvalue weighted by molar-refractivity contribution is -0.122. The van der Waals surface area contributed by atoms with Crippen LogP contribution in [-0.4, -0.2) is 63.1 Å². The van der Waals surface area contributed by atoms with Crippen LogP contribution < -0.4 is 0 Å². The van der Waals surface area contributed by atoms with Crippen LogP contribution in [0.5, 0.6) is 0 Å². The molecule has 2 fully saturated rings. The van der Waals surface area contributed by atoms with Gasteiger partial charge in [-0.15, -0.1) is 0 Å². The van der Waals surface area contributed by atoms with Gasteiger partial charge in [0.2, 0.25) is 0 Å². The van der Waals surface area contributed by atoms with Crippen LogP contribution in [0.4, 0.5) is 0 Å². The summed E-state index contributed by atoms with van der Waals surface area (Å²) in [5, 5.41) is 6.80. The van der Waals surface area contributed by atoms with E-state index in [2.05, 4.69) is 58.0 Å². The molecule has 0 unspecified atom stereocenters. The number of likely N-dealkylation sites (tertiary alicyclic amines) is 2. The first-order valence-electron chi connectivity index (χ1n) is 12.2. The highest BCUT2D eigenvalue weighted by Gasteiger charge is 2.34. The minimum absolute atomic E-state index is 0.240. The maximum atomic E-state index is 12.6. The van der Waals surface area contributed by atoms with Gasteiger partial charge in [0.1, 0.15) is 0 Å². The van der Waals surface area contributed by atoms with Crippen molar-refractivity contribution in [3.05, 3.63) is 48.0 Å². The Kier molecular flexibility index (Phi) is 6.06. The molecule has 2 aromatic heterocycles. The fourth-order valence-electron chi connectivity index (χ4n) is 5.46. The summed E-state index contributed by atoms with van der Waals surface area (Å²) in [4.78, 5) is 21.9. The van der Waals surface area contributed by atoms with Crippen molar-refractivity contribution in [2.24, 2.45) is 12.5 Å². The standard InChI is InChI=1S/C27H35N5O/c1-27(2)18-32(19-27)16-24(33)13-23-12-22-11-20(7-8-21(22)14-28-23)25-15-29-30(3)26(25)17-31-9-5-4-6-10-31/h7-8,11-12,14-15H,4-6,9-10,13,16-19H2,1-3H3. The second-order valence-electron chi connectivity index (χ2n) is 10.7. The minimum Gasteiger partial charge on any atom is -0.298 e. The molecule has 2 aliphatic heterocycles. The molecule has 2 saturated heterocycles. The van der Waals surface area contributed by atoms with E-state index in [0.717, 1.165) is 36.1 Å². The summed E-state index contributed by atoms with van der Waals surface area (Å²) in [5.74, 6) is 0.240. The number of aromatic nitrogens is 3. The van der Waals surface area contributed by atoms with E-state index in [4.69, 9.17) is 0 Å². The third-order valence-electron chi connectivity index (χ3n) is 7.05. The average molecular weight is 446 g/mol. The van der Waals surface area contributed by atoms with Crippen LogP contribution >= 0.6 is 0 Å². The number of Topliss-reactive ketones (excluding diaryl/α,β-unsaturated/α-hetero) is 1. The summed E-state index contributed by atoms with van der Waals surface area (Å²) in [7, 11) is 2.04. The number of carbonyl (C=O) groups excluding carboxylic acids is 1. The molecule has 0 saturated carbocycles. The van der Waals surface area contributed by atoms with Gasteiger partial charge in [0.05, 0.1) is 24.9 Å². The van der Waals surface area contributed by atoms with Gasteiger partial charge in [-0.05, 0) is 54.4 Å². The summed E-state index contributed by atoms with van der Waals surface area (Å²) in [6.07, 6.45) is 8.19. The van der Waals surface area contributed by atoms with Gasteiger partial charge < -0.3 is 0 Å². The molecule has 0 spiro atoms. The summed E-state index contributed by atoms with van der Waals surface area (Å²) in [6, 6.07) is 8.59. The van der Waals surface area contributed by atoms with E-state index in [-0.39, 0.29) is 5.78 Å². The largest absolute Gasteiger partial charge is 0.298 e. The zero-order valence-electron chi connectivity index (χ0n) is 20.2. The highest BCUT2D eigenvalue weighted by Crippen LogP contribution is 2.30. The van der Waals surface area contributed by atoms with Crippen LogP contribution in [0.15, 0.2) is 36.7 Å². The number of rotatable bonds is 7. The summed E-state index contributed by atoms with van der Waals surface area (Å²) in [6.45, 7) is 10.3. The highest BCUT2D eigenvalue weighted by atomic mass is 16.1. The second kappa shape index (κ2) is 8.99. The van der Waals surface area contributed by atoms with Crippen LogP contribution in [0.3, 0.4) is 0 Å². The lowest BCUT2D eigenvalue weighted by Crippen LogP contribution is -2.54. The first-order chi connectivity index (χ1) is 15.9. The Bertz CT molecular complexity index is 1150. The topological polar surface area (TPSA) is 54.3 Å². The van der Waals surface area contributed by atoms with E-state index >= 15 is 0 Å². The molecule has 1 aromatic carbocycles. The van der Waals surface area contributed by atoms with Crippen molar-refractivity contribution in [3.8, 4) is 11.1 Å². The molecule has 0 N–H and O–H groups in total. The molecular weight excluding hydrogens is 410 g/mol. The van der Waals surface area contributed by atoms with Gasteiger partial charge in [-0.25, -0.2) is 0 Å². The number of aryl methyl sites for hydroxylation is 1. The van der Waals surface area contributed by atoms with Crippen molar-refractivity contribution in [3.63, 3.8) is 0 Å². The lowest BCUT2D eigenvalue weighted by Gasteiger charge is -2.45. The van der Waals surface area contributed by atoms with E-state index in [0.29, 0.717) is 18.4 Å². The number of hydrogen-bond donors (Lipinski definition) is 0. The predicted molar refractivity (Wildman–Crippen MR) is 132 cm³/mol. The van der Waals surface area contributed by atoms with Crippen LogP contribution in [0.2, 0.25) is 0 Å². The van der Waals surface area contributed by atoms with E-state index in [1.54, 1.807) is 0 Å². The van der Waals surface area contributed by atoms with Crippen molar-refractivity contribution in [2.45, 2.75) is 46.1 Å². The van der Waals surface area contributed by atoms with Gasteiger partial charge in [-0.1, -0.05) is 32.4 Å². The number of ketones is 1. The van der Waals surface area contributed by atoms with Gasteiger partial charge in [0.15, 0.2) is 5.78 Å². The van der Waals surface area contributed by atoms with Crippen LogP contribution in [-0.2, 0) is 24.8 Å². The number of fused-ring (bicyclic) bond motifs is 1. The molecule has 0 radical (unpaired) electrons. The molecule has 33 heavy (non-hydrogen) atoms.